The number of aliphatic carboxylic acids is 1. The number of fused-ring (bicyclic) bond motifs is 2. The molecule has 0 saturated carbocycles. The standard InChI is InChI=1S/C21H20O6/c1-11(2)7-8-14-16(27-10-17(23)24)9-15(22)19-18(14)20(25)12-5-3-4-6-13(12)21(19)26/h3-6,9,11,22H,7-8,10H2,1-2H3,(H,23,24). The Labute approximate surface area is 156 Å². The molecule has 27 heavy (non-hydrogen) atoms. The summed E-state index contributed by atoms with van der Waals surface area (Å²) in [4.78, 5) is 36.9. The Hall–Kier alpha value is -3.15. The average molecular weight is 368 g/mol. The summed E-state index contributed by atoms with van der Waals surface area (Å²) in [5.74, 6) is -1.90. The van der Waals surface area contributed by atoms with Gasteiger partial charge in [-0.05, 0) is 18.8 Å². The third-order valence-electron chi connectivity index (χ3n) is 4.57. The summed E-state index contributed by atoms with van der Waals surface area (Å²) in [6.45, 7) is 3.44. The van der Waals surface area contributed by atoms with Gasteiger partial charge >= 0.3 is 5.97 Å². The maximum atomic E-state index is 13.1. The van der Waals surface area contributed by atoms with E-state index >= 15 is 0 Å². The molecule has 0 unspecified atom stereocenters. The molecule has 6 nitrogen and oxygen atoms in total. The second kappa shape index (κ2) is 7.23. The fourth-order valence-electron chi connectivity index (χ4n) is 3.26. The van der Waals surface area contributed by atoms with Crippen LogP contribution in [0.2, 0.25) is 0 Å². The highest BCUT2D eigenvalue weighted by molar-refractivity contribution is 6.30. The monoisotopic (exact) mass is 368 g/mol. The summed E-state index contributed by atoms with van der Waals surface area (Å²) in [5.41, 5.74) is 1.06. The first-order chi connectivity index (χ1) is 12.8. The van der Waals surface area contributed by atoms with Gasteiger partial charge in [-0.3, -0.25) is 9.59 Å². The van der Waals surface area contributed by atoms with Gasteiger partial charge in [0.1, 0.15) is 11.5 Å². The molecule has 1 aliphatic rings. The predicted octanol–water partition coefficient (Wildman–Crippen LogP) is 3.22. The van der Waals surface area contributed by atoms with E-state index in [-0.39, 0.29) is 39.5 Å². The molecule has 0 fully saturated rings. The number of carbonyl (C=O) groups excluding carboxylic acids is 2. The molecule has 2 aromatic carbocycles. The molecule has 0 atom stereocenters. The Morgan fingerprint density at radius 2 is 1.67 bits per heavy atom. The number of carboxylic acid groups (broad SMARTS) is 1. The van der Waals surface area contributed by atoms with E-state index in [1.54, 1.807) is 24.3 Å². The number of benzene rings is 2. The van der Waals surface area contributed by atoms with Crippen LogP contribution in [0, 0.1) is 5.92 Å². The van der Waals surface area contributed by atoms with Crippen molar-refractivity contribution in [2.45, 2.75) is 26.7 Å². The van der Waals surface area contributed by atoms with E-state index in [0.717, 1.165) is 0 Å². The second-order valence-electron chi connectivity index (χ2n) is 6.94. The lowest BCUT2D eigenvalue weighted by atomic mass is 9.80. The minimum Gasteiger partial charge on any atom is -0.507 e. The minimum atomic E-state index is -1.17. The van der Waals surface area contributed by atoms with Crippen LogP contribution < -0.4 is 4.74 Å². The zero-order chi connectivity index (χ0) is 19.7. The molecule has 2 aromatic rings. The zero-order valence-corrected chi connectivity index (χ0v) is 15.1. The lowest BCUT2D eigenvalue weighted by Gasteiger charge is -2.23. The number of aromatic hydroxyl groups is 1. The van der Waals surface area contributed by atoms with E-state index < -0.39 is 18.4 Å². The number of carbonyl (C=O) groups is 3. The first-order valence-electron chi connectivity index (χ1n) is 8.73. The van der Waals surface area contributed by atoms with Crippen molar-refractivity contribution < 1.29 is 29.3 Å². The number of carboxylic acids is 1. The van der Waals surface area contributed by atoms with Crippen LogP contribution in [0.1, 0.15) is 57.7 Å². The molecule has 3 rings (SSSR count). The van der Waals surface area contributed by atoms with Crippen molar-refractivity contribution in [3.63, 3.8) is 0 Å². The van der Waals surface area contributed by atoms with E-state index in [2.05, 4.69) is 0 Å². The van der Waals surface area contributed by atoms with Crippen LogP contribution in [0.25, 0.3) is 0 Å². The Morgan fingerprint density at radius 3 is 2.22 bits per heavy atom. The Morgan fingerprint density at radius 1 is 1.07 bits per heavy atom. The molecular formula is C21H20O6. The van der Waals surface area contributed by atoms with Crippen LogP contribution in [-0.2, 0) is 11.2 Å². The molecule has 0 aliphatic heterocycles. The second-order valence-corrected chi connectivity index (χ2v) is 6.94. The Kier molecular flexibility index (Phi) is 4.99. The van der Waals surface area contributed by atoms with Crippen molar-refractivity contribution in [3.05, 3.63) is 58.1 Å². The number of phenolic OH excluding ortho intramolecular Hbond substituents is 1. The van der Waals surface area contributed by atoms with Crippen molar-refractivity contribution in [2.24, 2.45) is 5.92 Å². The molecule has 0 aromatic heterocycles. The smallest absolute Gasteiger partial charge is 0.341 e. The van der Waals surface area contributed by atoms with Crippen molar-refractivity contribution in [1.82, 2.24) is 0 Å². The maximum absolute atomic E-state index is 13.1. The first-order valence-corrected chi connectivity index (χ1v) is 8.73. The first kappa shape index (κ1) is 18.6. The van der Waals surface area contributed by atoms with E-state index in [4.69, 9.17) is 9.84 Å². The lowest BCUT2D eigenvalue weighted by molar-refractivity contribution is -0.139. The molecule has 0 spiro atoms. The van der Waals surface area contributed by atoms with Crippen molar-refractivity contribution in [3.8, 4) is 11.5 Å². The summed E-state index contributed by atoms with van der Waals surface area (Å²) < 4.78 is 5.33. The number of ketones is 2. The summed E-state index contributed by atoms with van der Waals surface area (Å²) >= 11 is 0. The summed E-state index contributed by atoms with van der Waals surface area (Å²) in [7, 11) is 0. The normalized spacial score (nSPS) is 12.7. The van der Waals surface area contributed by atoms with Gasteiger partial charge in [0.2, 0.25) is 0 Å². The van der Waals surface area contributed by atoms with E-state index in [1.165, 1.54) is 6.07 Å². The van der Waals surface area contributed by atoms with Crippen LogP contribution in [0.5, 0.6) is 11.5 Å². The molecule has 0 radical (unpaired) electrons. The summed E-state index contributed by atoms with van der Waals surface area (Å²) in [6, 6.07) is 7.70. The van der Waals surface area contributed by atoms with Gasteiger partial charge < -0.3 is 14.9 Å². The summed E-state index contributed by atoms with van der Waals surface area (Å²) in [5, 5.41) is 19.3. The molecule has 0 saturated heterocycles. The lowest BCUT2D eigenvalue weighted by Crippen LogP contribution is -2.24. The number of rotatable bonds is 6. The number of ether oxygens (including phenoxy) is 1. The Balaban J connectivity index is 2.21. The van der Waals surface area contributed by atoms with Gasteiger partial charge in [-0.15, -0.1) is 0 Å². The van der Waals surface area contributed by atoms with Crippen molar-refractivity contribution >= 4 is 17.5 Å². The van der Waals surface area contributed by atoms with Crippen LogP contribution in [-0.4, -0.2) is 34.4 Å². The van der Waals surface area contributed by atoms with Gasteiger partial charge in [-0.2, -0.15) is 0 Å². The fraction of sp³-hybridized carbons (Fsp3) is 0.286. The maximum Gasteiger partial charge on any atom is 0.341 e. The number of phenols is 1. The van der Waals surface area contributed by atoms with Gasteiger partial charge in [0.05, 0.1) is 5.56 Å². The molecule has 1 aliphatic carbocycles. The van der Waals surface area contributed by atoms with Gasteiger partial charge in [-0.1, -0.05) is 38.1 Å². The largest absolute Gasteiger partial charge is 0.507 e. The Bertz CT molecular complexity index is 942. The molecule has 6 heteroatoms. The molecule has 0 heterocycles. The highest BCUT2D eigenvalue weighted by Gasteiger charge is 2.35. The highest BCUT2D eigenvalue weighted by Crippen LogP contribution is 2.40. The van der Waals surface area contributed by atoms with Crippen LogP contribution >= 0.6 is 0 Å². The molecule has 0 amide bonds. The van der Waals surface area contributed by atoms with Crippen molar-refractivity contribution in [1.29, 1.82) is 0 Å². The third kappa shape index (κ3) is 3.43. The number of hydrogen-bond donors (Lipinski definition) is 2. The minimum absolute atomic E-state index is 0.0415. The van der Waals surface area contributed by atoms with Gasteiger partial charge in [-0.25, -0.2) is 4.79 Å². The van der Waals surface area contributed by atoms with Crippen LogP contribution in [0.3, 0.4) is 0 Å². The van der Waals surface area contributed by atoms with Gasteiger partial charge in [0, 0.05) is 28.3 Å². The quantitative estimate of drug-likeness (QED) is 0.693. The van der Waals surface area contributed by atoms with Crippen LogP contribution in [0.15, 0.2) is 30.3 Å². The average Bonchev–Trinajstić information content (AvgIpc) is 2.62. The topological polar surface area (TPSA) is 101 Å². The molecule has 0 bridgehead atoms. The van der Waals surface area contributed by atoms with E-state index in [1.807, 2.05) is 13.8 Å². The molecule has 140 valence electrons. The zero-order valence-electron chi connectivity index (χ0n) is 15.1. The van der Waals surface area contributed by atoms with Crippen molar-refractivity contribution in [2.75, 3.05) is 6.61 Å². The summed E-state index contributed by atoms with van der Waals surface area (Å²) in [6.07, 6.45) is 1.14. The van der Waals surface area contributed by atoms with E-state index in [9.17, 15) is 19.5 Å². The fourth-order valence-corrected chi connectivity index (χ4v) is 3.26. The predicted molar refractivity (Wildman–Crippen MR) is 97.7 cm³/mol. The molecule has 2 N–H and O–H groups in total. The number of hydrogen-bond acceptors (Lipinski definition) is 5. The van der Waals surface area contributed by atoms with E-state index in [0.29, 0.717) is 24.3 Å². The molecular weight excluding hydrogens is 348 g/mol. The third-order valence-corrected chi connectivity index (χ3v) is 4.57. The van der Waals surface area contributed by atoms with Crippen LogP contribution in [0.4, 0.5) is 0 Å². The SMILES string of the molecule is CC(C)CCc1c(OCC(=O)O)cc(O)c2c1C(=O)c1ccccc1C2=O. The van der Waals surface area contributed by atoms with Gasteiger partial charge in [0.15, 0.2) is 18.2 Å². The van der Waals surface area contributed by atoms with Gasteiger partial charge in [0.25, 0.3) is 0 Å². The highest BCUT2D eigenvalue weighted by atomic mass is 16.5.